The molecule has 0 radical (unpaired) electrons. The Morgan fingerprint density at radius 2 is 1.63 bits per heavy atom. The van der Waals surface area contributed by atoms with Crippen molar-refractivity contribution in [3.63, 3.8) is 0 Å². The van der Waals surface area contributed by atoms with Gasteiger partial charge in [0.15, 0.2) is 0 Å². The van der Waals surface area contributed by atoms with E-state index in [9.17, 15) is 4.39 Å². The van der Waals surface area contributed by atoms with Crippen molar-refractivity contribution in [2.75, 3.05) is 18.6 Å². The molecule has 0 saturated carbocycles. The highest BCUT2D eigenvalue weighted by atomic mass is 19.1. The van der Waals surface area contributed by atoms with Gasteiger partial charge in [-0.15, -0.1) is 0 Å². The van der Waals surface area contributed by atoms with Crippen LogP contribution in [0.5, 0.6) is 5.75 Å². The highest BCUT2D eigenvalue weighted by Gasteiger charge is 2.20. The molecule has 0 amide bonds. The number of halogens is 1. The Morgan fingerprint density at radius 1 is 0.933 bits per heavy atom. The molecular weight excluding hydrogens is 373 g/mol. The summed E-state index contributed by atoms with van der Waals surface area (Å²) in [7, 11) is 1.91. The average molecular weight is 406 g/mol. The van der Waals surface area contributed by atoms with Crippen molar-refractivity contribution < 1.29 is 9.13 Å². The normalized spacial score (nSPS) is 11.4. The lowest BCUT2D eigenvalue weighted by Gasteiger charge is -2.26. The Labute approximate surface area is 180 Å². The summed E-state index contributed by atoms with van der Waals surface area (Å²) in [5.41, 5.74) is 4.15. The van der Waals surface area contributed by atoms with Gasteiger partial charge in [0.05, 0.1) is 12.3 Å². The standard InChI is InChI=1S/C27H32FNO/c1-5-30-24-16-14-22(15-17-24)27(2,3)19-9-10-21-13-18-25(28)26(20-21)29(4)23-11-7-6-8-12-23/h6-8,11-18,20H,5,9-10,19H2,1-4H3. The van der Waals surface area contributed by atoms with Crippen molar-refractivity contribution in [3.8, 4) is 5.75 Å². The summed E-state index contributed by atoms with van der Waals surface area (Å²) in [6, 6.07) is 23.8. The van der Waals surface area contributed by atoms with E-state index >= 15 is 0 Å². The van der Waals surface area contributed by atoms with Gasteiger partial charge in [-0.3, -0.25) is 0 Å². The van der Waals surface area contributed by atoms with Gasteiger partial charge < -0.3 is 9.64 Å². The molecule has 3 aromatic carbocycles. The summed E-state index contributed by atoms with van der Waals surface area (Å²) in [6.07, 6.45) is 3.03. The molecule has 0 N–H and O–H groups in total. The minimum Gasteiger partial charge on any atom is -0.494 e. The van der Waals surface area contributed by atoms with E-state index in [0.717, 1.165) is 36.3 Å². The van der Waals surface area contributed by atoms with E-state index in [1.807, 2.05) is 73.5 Å². The molecule has 0 saturated heterocycles. The van der Waals surface area contributed by atoms with E-state index in [2.05, 4.69) is 26.0 Å². The third kappa shape index (κ3) is 5.41. The number of hydrogen-bond acceptors (Lipinski definition) is 2. The van der Waals surface area contributed by atoms with E-state index in [0.29, 0.717) is 12.3 Å². The van der Waals surface area contributed by atoms with Crippen LogP contribution in [0.15, 0.2) is 72.8 Å². The fraction of sp³-hybridized carbons (Fsp3) is 0.333. The molecule has 158 valence electrons. The van der Waals surface area contributed by atoms with Crippen LogP contribution in [0.3, 0.4) is 0 Å². The first kappa shape index (κ1) is 21.9. The third-order valence-electron chi connectivity index (χ3n) is 5.73. The number of rotatable bonds is 9. The summed E-state index contributed by atoms with van der Waals surface area (Å²) in [4.78, 5) is 1.91. The van der Waals surface area contributed by atoms with Crippen LogP contribution >= 0.6 is 0 Å². The minimum absolute atomic E-state index is 0.0778. The van der Waals surface area contributed by atoms with Gasteiger partial charge in [0.1, 0.15) is 11.6 Å². The second-order valence-corrected chi connectivity index (χ2v) is 8.38. The molecular formula is C27H32FNO. The highest BCUT2D eigenvalue weighted by Crippen LogP contribution is 2.31. The molecule has 3 rings (SSSR count). The number of anilines is 2. The molecule has 0 unspecified atom stereocenters. The van der Waals surface area contributed by atoms with Crippen molar-refractivity contribution >= 4 is 11.4 Å². The van der Waals surface area contributed by atoms with Crippen LogP contribution in [-0.2, 0) is 11.8 Å². The van der Waals surface area contributed by atoms with Gasteiger partial charge in [0.25, 0.3) is 0 Å². The quantitative estimate of drug-likeness (QED) is 0.370. The first-order valence-corrected chi connectivity index (χ1v) is 10.7. The first-order valence-electron chi connectivity index (χ1n) is 10.7. The molecule has 0 fully saturated rings. The maximum absolute atomic E-state index is 14.5. The Balaban J connectivity index is 1.64. The van der Waals surface area contributed by atoms with E-state index < -0.39 is 0 Å². The molecule has 0 heterocycles. The van der Waals surface area contributed by atoms with Gasteiger partial charge in [-0.2, -0.15) is 0 Å². The maximum atomic E-state index is 14.5. The summed E-state index contributed by atoms with van der Waals surface area (Å²) in [6.45, 7) is 7.24. The Kier molecular flexibility index (Phi) is 7.15. The van der Waals surface area contributed by atoms with E-state index in [1.54, 1.807) is 6.07 Å². The topological polar surface area (TPSA) is 12.5 Å². The summed E-state index contributed by atoms with van der Waals surface area (Å²) in [5.74, 6) is 0.721. The zero-order valence-electron chi connectivity index (χ0n) is 18.5. The zero-order valence-corrected chi connectivity index (χ0v) is 18.5. The Bertz CT molecular complexity index is 935. The van der Waals surface area contributed by atoms with Gasteiger partial charge >= 0.3 is 0 Å². The number of nitrogens with zero attached hydrogens (tertiary/aromatic N) is 1. The van der Waals surface area contributed by atoms with E-state index in [1.165, 1.54) is 5.56 Å². The van der Waals surface area contributed by atoms with Gasteiger partial charge in [-0.1, -0.05) is 50.2 Å². The molecule has 2 nitrogen and oxygen atoms in total. The maximum Gasteiger partial charge on any atom is 0.146 e. The largest absolute Gasteiger partial charge is 0.494 e. The second kappa shape index (κ2) is 9.80. The Hall–Kier alpha value is -2.81. The third-order valence-corrected chi connectivity index (χ3v) is 5.73. The van der Waals surface area contributed by atoms with Gasteiger partial charge in [0, 0.05) is 12.7 Å². The van der Waals surface area contributed by atoms with Gasteiger partial charge in [-0.05, 0) is 79.1 Å². The van der Waals surface area contributed by atoms with Crippen LogP contribution in [0.2, 0.25) is 0 Å². The van der Waals surface area contributed by atoms with Gasteiger partial charge in [-0.25, -0.2) is 4.39 Å². The number of para-hydroxylation sites is 1. The molecule has 30 heavy (non-hydrogen) atoms. The lowest BCUT2D eigenvalue weighted by Crippen LogP contribution is -2.17. The number of benzene rings is 3. The molecule has 3 aromatic rings. The SMILES string of the molecule is CCOc1ccc(C(C)(C)CCCc2ccc(F)c(N(C)c3ccccc3)c2)cc1. The Morgan fingerprint density at radius 3 is 2.30 bits per heavy atom. The lowest BCUT2D eigenvalue weighted by molar-refractivity contribution is 0.339. The number of hydrogen-bond donors (Lipinski definition) is 0. The van der Waals surface area contributed by atoms with Crippen LogP contribution in [0.4, 0.5) is 15.8 Å². The van der Waals surface area contributed by atoms with Crippen molar-refractivity contribution in [2.24, 2.45) is 0 Å². The van der Waals surface area contributed by atoms with Crippen molar-refractivity contribution in [1.29, 1.82) is 0 Å². The highest BCUT2D eigenvalue weighted by molar-refractivity contribution is 5.63. The monoisotopic (exact) mass is 405 g/mol. The number of aryl methyl sites for hydroxylation is 1. The van der Waals surface area contributed by atoms with E-state index in [4.69, 9.17) is 4.74 Å². The van der Waals surface area contributed by atoms with Crippen LogP contribution < -0.4 is 9.64 Å². The predicted molar refractivity (Wildman–Crippen MR) is 124 cm³/mol. The van der Waals surface area contributed by atoms with Crippen molar-refractivity contribution in [2.45, 2.75) is 45.4 Å². The van der Waals surface area contributed by atoms with Crippen LogP contribution in [0, 0.1) is 5.82 Å². The molecule has 0 aliphatic heterocycles. The lowest BCUT2D eigenvalue weighted by atomic mass is 9.80. The predicted octanol–water partition coefficient (Wildman–Crippen LogP) is 7.29. The summed E-state index contributed by atoms with van der Waals surface area (Å²) in [5, 5.41) is 0. The average Bonchev–Trinajstić information content (AvgIpc) is 2.75. The van der Waals surface area contributed by atoms with Crippen molar-refractivity contribution in [1.82, 2.24) is 0 Å². The zero-order chi connectivity index (χ0) is 21.6. The van der Waals surface area contributed by atoms with Crippen LogP contribution in [-0.4, -0.2) is 13.7 Å². The molecule has 0 aromatic heterocycles. The smallest absolute Gasteiger partial charge is 0.146 e. The van der Waals surface area contributed by atoms with Crippen molar-refractivity contribution in [3.05, 3.63) is 89.7 Å². The fourth-order valence-electron chi connectivity index (χ4n) is 3.81. The summed E-state index contributed by atoms with van der Waals surface area (Å²) >= 11 is 0. The summed E-state index contributed by atoms with van der Waals surface area (Å²) < 4.78 is 20.0. The molecule has 0 aliphatic carbocycles. The molecule has 0 atom stereocenters. The second-order valence-electron chi connectivity index (χ2n) is 8.38. The molecule has 0 bridgehead atoms. The molecule has 0 aliphatic rings. The molecule has 3 heteroatoms. The minimum atomic E-state index is -0.195. The first-order chi connectivity index (χ1) is 14.4. The number of ether oxygens (including phenoxy) is 1. The fourth-order valence-corrected chi connectivity index (χ4v) is 3.81. The molecule has 0 spiro atoms. The van der Waals surface area contributed by atoms with Crippen LogP contribution in [0.25, 0.3) is 0 Å². The van der Waals surface area contributed by atoms with Gasteiger partial charge in [0.2, 0.25) is 0 Å². The van der Waals surface area contributed by atoms with E-state index in [-0.39, 0.29) is 11.2 Å². The van der Waals surface area contributed by atoms with Crippen LogP contribution in [0.1, 0.15) is 44.7 Å².